The largest absolute Gasteiger partial charge is 0.483 e. The Balaban J connectivity index is 1.58. The molecule has 0 spiro atoms. The molecule has 1 unspecified atom stereocenters. The number of nitrogens with zero attached hydrogens (tertiary/aromatic N) is 3. The number of hydrogen-bond donors (Lipinski definition) is 1. The lowest BCUT2D eigenvalue weighted by molar-refractivity contribution is -0.113. The van der Waals surface area contributed by atoms with Gasteiger partial charge in [-0.25, -0.2) is 4.39 Å². The smallest absolute Gasteiger partial charge is 0.234 e. The summed E-state index contributed by atoms with van der Waals surface area (Å²) in [4.78, 5) is 12.1. The van der Waals surface area contributed by atoms with Gasteiger partial charge in [0.25, 0.3) is 0 Å². The zero-order chi connectivity index (χ0) is 19.2. The van der Waals surface area contributed by atoms with Crippen LogP contribution in [0.5, 0.6) is 5.75 Å². The average molecular weight is 386 g/mol. The molecule has 1 aromatic heterocycles. The lowest BCUT2D eigenvalue weighted by Gasteiger charge is -2.14. The topological polar surface area (TPSA) is 69.0 Å². The Hall–Kier alpha value is -2.87. The number of hydrogen-bond acceptors (Lipinski definition) is 5. The van der Waals surface area contributed by atoms with Crippen molar-refractivity contribution in [1.82, 2.24) is 14.8 Å². The van der Waals surface area contributed by atoms with Gasteiger partial charge in [0.15, 0.2) is 17.1 Å². The monoisotopic (exact) mass is 386 g/mol. The molecule has 3 rings (SSSR count). The Kier molecular flexibility index (Phi) is 6.08. The van der Waals surface area contributed by atoms with Gasteiger partial charge >= 0.3 is 0 Å². The quantitative estimate of drug-likeness (QED) is 0.625. The number of aromatic nitrogens is 3. The number of rotatable bonds is 7. The lowest BCUT2D eigenvalue weighted by atomic mass is 10.3. The first-order valence-electron chi connectivity index (χ1n) is 8.32. The number of anilines is 1. The standard InChI is InChI=1S/C19H19FN4O2S/c1-13(26-14-8-4-3-5-9-14)18-22-23-19(24(18)2)27-12-17(25)21-16-11-7-6-10-15(16)20/h3-11,13H,12H2,1-2H3,(H,21,25). The number of thioether (sulfide) groups is 1. The molecule has 0 aliphatic heterocycles. The van der Waals surface area contributed by atoms with Gasteiger partial charge in [0.2, 0.25) is 5.91 Å². The van der Waals surface area contributed by atoms with Gasteiger partial charge in [-0.15, -0.1) is 10.2 Å². The van der Waals surface area contributed by atoms with Gasteiger partial charge in [0.1, 0.15) is 11.6 Å². The molecule has 0 aliphatic rings. The van der Waals surface area contributed by atoms with Gasteiger partial charge in [0.05, 0.1) is 11.4 Å². The summed E-state index contributed by atoms with van der Waals surface area (Å²) < 4.78 is 21.2. The maximum Gasteiger partial charge on any atom is 0.234 e. The van der Waals surface area contributed by atoms with Crippen LogP contribution in [0.2, 0.25) is 0 Å². The van der Waals surface area contributed by atoms with E-state index in [0.717, 1.165) is 5.75 Å². The number of halogens is 1. The Labute approximate surface area is 160 Å². The second-order valence-corrected chi connectivity index (χ2v) is 6.73. The van der Waals surface area contributed by atoms with Crippen LogP contribution in [-0.2, 0) is 11.8 Å². The van der Waals surface area contributed by atoms with Crippen molar-refractivity contribution in [3.8, 4) is 5.75 Å². The number of carbonyl (C=O) groups is 1. The molecule has 1 N–H and O–H groups in total. The number of nitrogens with one attached hydrogen (secondary N) is 1. The predicted molar refractivity (Wildman–Crippen MR) is 102 cm³/mol. The highest BCUT2D eigenvalue weighted by Gasteiger charge is 2.18. The molecule has 27 heavy (non-hydrogen) atoms. The fourth-order valence-corrected chi connectivity index (χ4v) is 3.16. The maximum absolute atomic E-state index is 13.6. The molecule has 0 bridgehead atoms. The van der Waals surface area contributed by atoms with Crippen LogP contribution in [0, 0.1) is 5.82 Å². The van der Waals surface area contributed by atoms with Crippen LogP contribution in [-0.4, -0.2) is 26.4 Å². The summed E-state index contributed by atoms with van der Waals surface area (Å²) in [6, 6.07) is 15.5. The van der Waals surface area contributed by atoms with Crippen LogP contribution in [0.25, 0.3) is 0 Å². The van der Waals surface area contributed by atoms with Gasteiger partial charge in [0, 0.05) is 7.05 Å². The molecule has 1 atom stereocenters. The Morgan fingerprint density at radius 1 is 1.19 bits per heavy atom. The molecule has 0 saturated carbocycles. The van der Waals surface area contributed by atoms with Crippen LogP contribution in [0.4, 0.5) is 10.1 Å². The van der Waals surface area contributed by atoms with E-state index in [-0.39, 0.29) is 23.5 Å². The molecular formula is C19H19FN4O2S. The molecule has 140 valence electrons. The van der Waals surface area contributed by atoms with E-state index in [1.54, 1.807) is 16.7 Å². The van der Waals surface area contributed by atoms with Crippen LogP contribution < -0.4 is 10.1 Å². The summed E-state index contributed by atoms with van der Waals surface area (Å²) >= 11 is 1.22. The zero-order valence-electron chi connectivity index (χ0n) is 14.9. The molecule has 0 radical (unpaired) electrons. The van der Waals surface area contributed by atoms with Crippen molar-refractivity contribution in [2.45, 2.75) is 18.2 Å². The highest BCUT2D eigenvalue weighted by Crippen LogP contribution is 2.23. The Morgan fingerprint density at radius 2 is 1.89 bits per heavy atom. The fraction of sp³-hybridized carbons (Fsp3) is 0.211. The van der Waals surface area contributed by atoms with Crippen LogP contribution in [0.3, 0.4) is 0 Å². The SMILES string of the molecule is CC(Oc1ccccc1)c1nnc(SCC(=O)Nc2ccccc2F)n1C. The first-order chi connectivity index (χ1) is 13.0. The Morgan fingerprint density at radius 3 is 2.63 bits per heavy atom. The van der Waals surface area contributed by atoms with Crippen molar-refractivity contribution in [3.63, 3.8) is 0 Å². The molecule has 0 fully saturated rings. The normalized spacial score (nSPS) is 11.8. The van der Waals surface area contributed by atoms with Gasteiger partial charge in [-0.05, 0) is 31.2 Å². The van der Waals surface area contributed by atoms with Crippen LogP contribution >= 0.6 is 11.8 Å². The Bertz CT molecular complexity index is 917. The van der Waals surface area contributed by atoms with E-state index >= 15 is 0 Å². The number of ether oxygens (including phenoxy) is 1. The maximum atomic E-state index is 13.6. The molecule has 2 aromatic carbocycles. The number of para-hydroxylation sites is 2. The molecule has 8 heteroatoms. The zero-order valence-corrected chi connectivity index (χ0v) is 15.7. The van der Waals surface area contributed by atoms with E-state index in [1.807, 2.05) is 44.3 Å². The van der Waals surface area contributed by atoms with E-state index in [4.69, 9.17) is 4.74 Å². The fourth-order valence-electron chi connectivity index (χ4n) is 2.44. The summed E-state index contributed by atoms with van der Waals surface area (Å²) in [7, 11) is 1.82. The highest BCUT2D eigenvalue weighted by atomic mass is 32.2. The number of carbonyl (C=O) groups excluding carboxylic acids is 1. The van der Waals surface area contributed by atoms with Crippen molar-refractivity contribution < 1.29 is 13.9 Å². The summed E-state index contributed by atoms with van der Waals surface area (Å²) in [5.74, 6) is 0.697. The summed E-state index contributed by atoms with van der Waals surface area (Å²) in [6.45, 7) is 1.89. The molecule has 0 saturated heterocycles. The van der Waals surface area contributed by atoms with Gasteiger partial charge in [-0.1, -0.05) is 42.1 Å². The van der Waals surface area contributed by atoms with Crippen molar-refractivity contribution in [2.24, 2.45) is 7.05 Å². The van der Waals surface area contributed by atoms with E-state index in [0.29, 0.717) is 11.0 Å². The molecule has 6 nitrogen and oxygen atoms in total. The average Bonchev–Trinajstić information content (AvgIpc) is 3.03. The first-order valence-corrected chi connectivity index (χ1v) is 9.31. The minimum absolute atomic E-state index is 0.0915. The predicted octanol–water partition coefficient (Wildman–Crippen LogP) is 3.83. The van der Waals surface area contributed by atoms with Crippen molar-refractivity contribution in [2.75, 3.05) is 11.1 Å². The van der Waals surface area contributed by atoms with Crippen LogP contribution in [0.15, 0.2) is 59.8 Å². The van der Waals surface area contributed by atoms with Crippen molar-refractivity contribution in [1.29, 1.82) is 0 Å². The van der Waals surface area contributed by atoms with Gasteiger partial charge in [-0.2, -0.15) is 0 Å². The highest BCUT2D eigenvalue weighted by molar-refractivity contribution is 7.99. The van der Waals surface area contributed by atoms with Gasteiger partial charge in [-0.3, -0.25) is 4.79 Å². The first kappa shape index (κ1) is 18.9. The molecular weight excluding hydrogens is 367 g/mol. The van der Waals surface area contributed by atoms with E-state index in [9.17, 15) is 9.18 Å². The van der Waals surface area contributed by atoms with E-state index < -0.39 is 5.82 Å². The molecule has 3 aromatic rings. The van der Waals surface area contributed by atoms with Crippen LogP contribution in [0.1, 0.15) is 18.9 Å². The van der Waals surface area contributed by atoms with Gasteiger partial charge < -0.3 is 14.6 Å². The lowest BCUT2D eigenvalue weighted by Crippen LogP contribution is -2.15. The number of benzene rings is 2. The van der Waals surface area contributed by atoms with E-state index in [1.165, 1.54) is 23.9 Å². The molecule has 1 amide bonds. The third kappa shape index (κ3) is 4.85. The van der Waals surface area contributed by atoms with Crippen molar-refractivity contribution >= 4 is 23.4 Å². The summed E-state index contributed by atoms with van der Waals surface area (Å²) in [5, 5.41) is 11.4. The number of amides is 1. The minimum Gasteiger partial charge on any atom is -0.483 e. The van der Waals surface area contributed by atoms with E-state index in [2.05, 4.69) is 15.5 Å². The second kappa shape index (κ2) is 8.68. The molecule has 0 aliphatic carbocycles. The third-order valence-corrected chi connectivity index (χ3v) is 4.79. The summed E-state index contributed by atoms with van der Waals surface area (Å²) in [6.07, 6.45) is -0.300. The minimum atomic E-state index is -0.469. The third-order valence-electron chi connectivity index (χ3n) is 3.77. The second-order valence-electron chi connectivity index (χ2n) is 5.79. The summed E-state index contributed by atoms with van der Waals surface area (Å²) in [5.41, 5.74) is 0.159. The van der Waals surface area contributed by atoms with Crippen molar-refractivity contribution in [3.05, 3.63) is 66.2 Å². The molecule has 1 heterocycles.